The zero-order valence-electron chi connectivity index (χ0n) is 14.7. The normalized spacial score (nSPS) is 11.6. The topological polar surface area (TPSA) is 92.6 Å². The molecular formula is C18H21N3O4S. The van der Waals surface area contributed by atoms with Gasteiger partial charge in [0.15, 0.2) is 0 Å². The number of amides is 2. The number of nitro groups is 1. The van der Waals surface area contributed by atoms with E-state index in [0.717, 1.165) is 0 Å². The van der Waals surface area contributed by atoms with Gasteiger partial charge in [-0.3, -0.25) is 19.7 Å². The van der Waals surface area contributed by atoms with Crippen molar-refractivity contribution in [3.05, 3.63) is 62.3 Å². The van der Waals surface area contributed by atoms with Gasteiger partial charge in [0.05, 0.1) is 15.8 Å². The van der Waals surface area contributed by atoms with Crippen LogP contribution in [-0.2, 0) is 4.79 Å². The van der Waals surface area contributed by atoms with Crippen LogP contribution in [0.2, 0.25) is 0 Å². The van der Waals surface area contributed by atoms with Crippen molar-refractivity contribution in [2.24, 2.45) is 0 Å². The molecule has 1 aromatic heterocycles. The van der Waals surface area contributed by atoms with Crippen molar-refractivity contribution in [2.75, 3.05) is 13.6 Å². The summed E-state index contributed by atoms with van der Waals surface area (Å²) in [5.41, 5.74) is 0.715. The SMILES string of the molecule is CC(c1cccc([N+](=O)[O-])c1)N(C)C(=O)CCCNC(=O)c1cccs1. The van der Waals surface area contributed by atoms with Crippen LogP contribution in [0.4, 0.5) is 5.69 Å². The average Bonchev–Trinajstić information content (AvgIpc) is 3.18. The molecule has 0 aliphatic rings. The van der Waals surface area contributed by atoms with Gasteiger partial charge < -0.3 is 10.2 Å². The first-order valence-corrected chi connectivity index (χ1v) is 9.10. The van der Waals surface area contributed by atoms with E-state index in [9.17, 15) is 19.7 Å². The van der Waals surface area contributed by atoms with Crippen molar-refractivity contribution in [1.29, 1.82) is 0 Å². The van der Waals surface area contributed by atoms with E-state index in [2.05, 4.69) is 5.32 Å². The number of thiophene rings is 1. The van der Waals surface area contributed by atoms with Crippen molar-refractivity contribution >= 4 is 28.8 Å². The lowest BCUT2D eigenvalue weighted by molar-refractivity contribution is -0.384. The highest BCUT2D eigenvalue weighted by Crippen LogP contribution is 2.23. The second kappa shape index (κ2) is 9.10. The van der Waals surface area contributed by atoms with Gasteiger partial charge in [-0.2, -0.15) is 0 Å². The molecule has 0 aliphatic carbocycles. The molecule has 2 aromatic rings. The maximum atomic E-state index is 12.3. The predicted octanol–water partition coefficient (Wildman–Crippen LogP) is 3.39. The summed E-state index contributed by atoms with van der Waals surface area (Å²) in [5, 5.41) is 15.5. The van der Waals surface area contributed by atoms with Crippen LogP contribution < -0.4 is 5.32 Å². The number of nitrogens with zero attached hydrogens (tertiary/aromatic N) is 2. The number of non-ortho nitro benzene ring substituents is 1. The molecule has 2 rings (SSSR count). The molecular weight excluding hydrogens is 354 g/mol. The van der Waals surface area contributed by atoms with Crippen LogP contribution in [0.15, 0.2) is 41.8 Å². The summed E-state index contributed by atoms with van der Waals surface area (Å²) in [6, 6.07) is 9.57. The molecule has 0 saturated heterocycles. The number of hydrogen-bond acceptors (Lipinski definition) is 5. The van der Waals surface area contributed by atoms with Crippen LogP contribution in [0, 0.1) is 10.1 Å². The molecule has 0 saturated carbocycles. The van der Waals surface area contributed by atoms with Gasteiger partial charge in [0, 0.05) is 32.1 Å². The van der Waals surface area contributed by atoms with Crippen molar-refractivity contribution in [2.45, 2.75) is 25.8 Å². The van der Waals surface area contributed by atoms with E-state index in [1.54, 1.807) is 30.1 Å². The quantitative estimate of drug-likeness (QED) is 0.435. The smallest absolute Gasteiger partial charge is 0.269 e. The maximum absolute atomic E-state index is 12.3. The monoisotopic (exact) mass is 375 g/mol. The third-order valence-electron chi connectivity index (χ3n) is 4.14. The lowest BCUT2D eigenvalue weighted by Gasteiger charge is -2.25. The summed E-state index contributed by atoms with van der Waals surface area (Å²) in [5.74, 6) is -0.208. The zero-order valence-corrected chi connectivity index (χ0v) is 15.5. The van der Waals surface area contributed by atoms with E-state index in [1.807, 2.05) is 18.4 Å². The summed E-state index contributed by atoms with van der Waals surface area (Å²) in [6.45, 7) is 2.25. The number of hydrogen-bond donors (Lipinski definition) is 1. The molecule has 26 heavy (non-hydrogen) atoms. The van der Waals surface area contributed by atoms with Gasteiger partial charge in [0.1, 0.15) is 0 Å². The van der Waals surface area contributed by atoms with E-state index >= 15 is 0 Å². The van der Waals surface area contributed by atoms with Crippen LogP contribution >= 0.6 is 11.3 Å². The molecule has 1 unspecified atom stereocenters. The van der Waals surface area contributed by atoms with Gasteiger partial charge in [-0.1, -0.05) is 18.2 Å². The minimum atomic E-state index is -0.450. The van der Waals surface area contributed by atoms with E-state index in [0.29, 0.717) is 29.8 Å². The first kappa shape index (κ1) is 19.6. The Morgan fingerprint density at radius 3 is 2.73 bits per heavy atom. The Bertz CT molecular complexity index is 777. The first-order chi connectivity index (χ1) is 12.4. The fraction of sp³-hybridized carbons (Fsp3) is 0.333. The van der Waals surface area contributed by atoms with Gasteiger partial charge in [-0.15, -0.1) is 11.3 Å². The van der Waals surface area contributed by atoms with Crippen molar-refractivity contribution in [3.8, 4) is 0 Å². The highest BCUT2D eigenvalue weighted by Gasteiger charge is 2.19. The lowest BCUT2D eigenvalue weighted by atomic mass is 10.1. The van der Waals surface area contributed by atoms with Crippen LogP contribution in [0.25, 0.3) is 0 Å². The van der Waals surface area contributed by atoms with Crippen LogP contribution in [0.1, 0.15) is 41.0 Å². The van der Waals surface area contributed by atoms with Crippen molar-refractivity contribution in [1.82, 2.24) is 10.2 Å². The maximum Gasteiger partial charge on any atom is 0.269 e. The molecule has 7 nitrogen and oxygen atoms in total. The fourth-order valence-corrected chi connectivity index (χ4v) is 3.09. The molecule has 1 aromatic carbocycles. The Balaban J connectivity index is 1.82. The third-order valence-corrected chi connectivity index (χ3v) is 5.00. The summed E-state index contributed by atoms with van der Waals surface area (Å²) in [4.78, 5) is 36.8. The van der Waals surface area contributed by atoms with Gasteiger partial charge in [-0.25, -0.2) is 0 Å². The fourth-order valence-electron chi connectivity index (χ4n) is 2.45. The number of nitro benzene ring substituents is 1. The Kier molecular flexibility index (Phi) is 6.85. The van der Waals surface area contributed by atoms with Gasteiger partial charge in [0.2, 0.25) is 5.91 Å². The minimum Gasteiger partial charge on any atom is -0.351 e. The lowest BCUT2D eigenvalue weighted by Crippen LogP contribution is -2.31. The average molecular weight is 375 g/mol. The second-order valence-corrected chi connectivity index (χ2v) is 6.82. The molecule has 0 bridgehead atoms. The van der Waals surface area contributed by atoms with Crippen LogP contribution in [0.3, 0.4) is 0 Å². The second-order valence-electron chi connectivity index (χ2n) is 5.87. The molecule has 1 heterocycles. The van der Waals surface area contributed by atoms with Crippen molar-refractivity contribution < 1.29 is 14.5 Å². The highest BCUT2D eigenvalue weighted by molar-refractivity contribution is 7.12. The number of benzene rings is 1. The first-order valence-electron chi connectivity index (χ1n) is 8.22. The molecule has 8 heteroatoms. The molecule has 1 atom stereocenters. The van der Waals surface area contributed by atoms with E-state index in [1.165, 1.54) is 23.5 Å². The Labute approximate surface area is 155 Å². The number of nitrogens with one attached hydrogen (secondary N) is 1. The Hall–Kier alpha value is -2.74. The Morgan fingerprint density at radius 2 is 2.08 bits per heavy atom. The molecule has 1 N–H and O–H groups in total. The summed E-state index contributed by atoms with van der Waals surface area (Å²) >= 11 is 1.37. The molecule has 0 radical (unpaired) electrons. The number of rotatable bonds is 8. The van der Waals surface area contributed by atoms with E-state index in [4.69, 9.17) is 0 Å². The highest BCUT2D eigenvalue weighted by atomic mass is 32.1. The Morgan fingerprint density at radius 1 is 1.31 bits per heavy atom. The predicted molar refractivity (Wildman–Crippen MR) is 100 cm³/mol. The van der Waals surface area contributed by atoms with Crippen molar-refractivity contribution in [3.63, 3.8) is 0 Å². The summed E-state index contributed by atoms with van der Waals surface area (Å²) in [6.07, 6.45) is 0.822. The zero-order chi connectivity index (χ0) is 19.1. The third kappa shape index (κ3) is 5.13. The molecule has 0 fully saturated rings. The van der Waals surface area contributed by atoms with Crippen LogP contribution in [0.5, 0.6) is 0 Å². The molecule has 2 amide bonds. The molecule has 0 aliphatic heterocycles. The van der Waals surface area contributed by atoms with E-state index in [-0.39, 0.29) is 23.5 Å². The van der Waals surface area contributed by atoms with E-state index < -0.39 is 4.92 Å². The summed E-state index contributed by atoms with van der Waals surface area (Å²) in [7, 11) is 1.68. The molecule has 0 spiro atoms. The minimum absolute atomic E-state index is 0.00601. The number of carbonyl (C=O) groups excluding carboxylic acids is 2. The van der Waals surface area contributed by atoms with Crippen LogP contribution in [-0.4, -0.2) is 35.2 Å². The molecule has 138 valence electrons. The number of carbonyl (C=O) groups is 2. The van der Waals surface area contributed by atoms with Gasteiger partial charge in [0.25, 0.3) is 11.6 Å². The van der Waals surface area contributed by atoms with Gasteiger partial charge >= 0.3 is 0 Å². The largest absolute Gasteiger partial charge is 0.351 e. The van der Waals surface area contributed by atoms with Gasteiger partial charge in [-0.05, 0) is 30.4 Å². The summed E-state index contributed by atoms with van der Waals surface area (Å²) < 4.78 is 0. The standard InChI is InChI=1S/C18H21N3O4S/c1-13(14-6-3-7-15(12-14)21(24)25)20(2)17(22)9-4-10-19-18(23)16-8-5-11-26-16/h3,5-8,11-13H,4,9-10H2,1-2H3,(H,19,23).